The molecule has 0 fully saturated rings. The second-order valence-corrected chi connectivity index (χ2v) is 1.98. The van der Waals surface area contributed by atoms with E-state index >= 15 is 0 Å². The highest BCUT2D eigenvalue weighted by Crippen LogP contribution is 1.56. The van der Waals surface area contributed by atoms with E-state index in [0.29, 0.717) is 0 Å². The predicted molar refractivity (Wildman–Crippen MR) is 55.7 cm³/mol. The van der Waals surface area contributed by atoms with Gasteiger partial charge in [0.2, 0.25) is 0 Å². The van der Waals surface area contributed by atoms with Crippen LogP contribution in [0.5, 0.6) is 0 Å². The fraction of sp³-hybridized carbons (Fsp3) is 0.750. The summed E-state index contributed by atoms with van der Waals surface area (Å²) in [5.74, 6) is 0. The number of rotatable bonds is 0. The summed E-state index contributed by atoms with van der Waals surface area (Å²) in [5.41, 5.74) is 0. The lowest BCUT2D eigenvalue weighted by Gasteiger charge is -1.60. The Morgan fingerprint density at radius 1 is 0.733 bits per heavy atom. The van der Waals surface area contributed by atoms with Crippen molar-refractivity contribution < 1.29 is 34.7 Å². The zero-order chi connectivity index (χ0) is 12.6. The molecule has 15 heavy (non-hydrogen) atoms. The molecule has 0 aromatic rings. The van der Waals surface area contributed by atoms with Crippen LogP contribution in [0.4, 0.5) is 14.3 Å². The van der Waals surface area contributed by atoms with Crippen LogP contribution in [-0.2, 0) is 0 Å². The maximum absolute atomic E-state index is 8.56. The van der Waals surface area contributed by atoms with Crippen LogP contribution in [0.25, 0.3) is 0 Å². The minimum atomic E-state index is -1.83. The normalized spacial score (nSPS) is 5.60. The van der Waals surface area contributed by atoms with Crippen molar-refractivity contribution in [3.8, 4) is 0 Å². The van der Waals surface area contributed by atoms with Crippen molar-refractivity contribution in [3.63, 3.8) is 0 Å². The molecule has 0 aliphatic heterocycles. The first-order valence-electron chi connectivity index (χ1n) is 4.13. The third kappa shape index (κ3) is 584. The molecule has 0 atom stereocenters. The summed E-state index contributed by atoms with van der Waals surface area (Å²) in [6.45, 7) is 8.50. The van der Waals surface area contributed by atoms with Gasteiger partial charge in [-0.05, 0) is 0 Å². The van der Waals surface area contributed by atoms with E-state index in [-0.39, 0.29) is 4.70 Å². The van der Waals surface area contributed by atoms with Crippen LogP contribution >= 0.6 is 0 Å². The van der Waals surface area contributed by atoms with Crippen molar-refractivity contribution in [3.05, 3.63) is 0 Å². The molecule has 96 valence electrons. The molecule has 0 saturated carbocycles. The zero-order valence-corrected chi connectivity index (χ0v) is 9.43. The molecule has 0 heterocycles. The van der Waals surface area contributed by atoms with Crippen molar-refractivity contribution in [1.82, 2.24) is 0 Å². The highest BCUT2D eigenvalue weighted by atomic mass is 19.0. The van der Waals surface area contributed by atoms with Crippen molar-refractivity contribution in [2.24, 2.45) is 0 Å². The summed E-state index contributed by atoms with van der Waals surface area (Å²) in [6, 6.07) is 0. The second-order valence-electron chi connectivity index (χ2n) is 1.98. The van der Waals surface area contributed by atoms with Gasteiger partial charge in [0.15, 0.2) is 0 Å². The van der Waals surface area contributed by atoms with E-state index in [4.69, 9.17) is 30.0 Å². The Morgan fingerprint density at radius 3 is 0.733 bits per heavy atom. The van der Waals surface area contributed by atoms with Gasteiger partial charge in [-0.3, -0.25) is 4.70 Å². The lowest BCUT2D eigenvalue weighted by Crippen LogP contribution is -1.81. The van der Waals surface area contributed by atoms with Gasteiger partial charge in [-0.1, -0.05) is 40.5 Å². The number of carbonyl (C=O) groups is 2. The summed E-state index contributed by atoms with van der Waals surface area (Å²) in [7, 11) is 0. The van der Waals surface area contributed by atoms with Crippen LogP contribution in [0, 0.1) is 0 Å². The molecular weight excluding hydrogens is 211 g/mol. The minimum Gasteiger partial charge on any atom is -0.450 e. The molecule has 0 radical (unpaired) electrons. The molecule has 7 heteroatoms. The summed E-state index contributed by atoms with van der Waals surface area (Å²) < 4.78 is 0. The van der Waals surface area contributed by atoms with Gasteiger partial charge in [0, 0.05) is 0 Å². The molecule has 0 bridgehead atoms. The third-order valence-corrected chi connectivity index (χ3v) is 0. The number of hydrogen-bond donors (Lipinski definition) is 4. The van der Waals surface area contributed by atoms with E-state index < -0.39 is 12.3 Å². The monoisotopic (exact) mass is 232 g/mol. The topological polar surface area (TPSA) is 115 Å². The fourth-order valence-electron chi connectivity index (χ4n) is 0. The molecule has 0 aromatic carbocycles. The standard InChI is InChI=1S/2C3H8.2CH2O3.FH/c2*1-3-2;2*2-1(3)4;/h2*3H2,1-2H3;2*(H2,2,3,4);1H. The molecule has 0 aliphatic carbocycles. The quantitative estimate of drug-likeness (QED) is 0.508. The van der Waals surface area contributed by atoms with E-state index in [9.17, 15) is 0 Å². The molecule has 0 saturated heterocycles. The van der Waals surface area contributed by atoms with Crippen LogP contribution in [0.1, 0.15) is 40.5 Å². The maximum Gasteiger partial charge on any atom is 0.503 e. The molecule has 0 amide bonds. The Kier molecular flexibility index (Phi) is 76.3. The molecule has 0 spiro atoms. The highest BCUT2D eigenvalue weighted by Gasteiger charge is 1.70. The molecule has 0 rings (SSSR count). The largest absolute Gasteiger partial charge is 0.503 e. The molecule has 4 N–H and O–H groups in total. The molecular formula is C8H21FO6. The first-order chi connectivity index (χ1) is 6.29. The van der Waals surface area contributed by atoms with Gasteiger partial charge in [-0.25, -0.2) is 9.59 Å². The SMILES string of the molecule is CCC.CCC.F.O=C(O)O.O=C(O)O. The highest BCUT2D eigenvalue weighted by molar-refractivity contribution is 5.53. The van der Waals surface area contributed by atoms with E-state index in [2.05, 4.69) is 27.7 Å². The van der Waals surface area contributed by atoms with Gasteiger partial charge in [-0.15, -0.1) is 0 Å². The first-order valence-corrected chi connectivity index (χ1v) is 4.13. The van der Waals surface area contributed by atoms with Gasteiger partial charge >= 0.3 is 12.3 Å². The molecule has 0 aliphatic rings. The number of hydrogen-bond acceptors (Lipinski definition) is 2. The first kappa shape index (κ1) is 29.2. The van der Waals surface area contributed by atoms with Gasteiger partial charge in [0.05, 0.1) is 0 Å². The Morgan fingerprint density at radius 2 is 0.733 bits per heavy atom. The number of halogens is 1. The summed E-state index contributed by atoms with van der Waals surface area (Å²) in [6.07, 6.45) is -1.17. The Bertz CT molecular complexity index is 95.7. The average molecular weight is 232 g/mol. The lowest BCUT2D eigenvalue weighted by molar-refractivity contribution is 0.135. The molecule has 0 aromatic heterocycles. The van der Waals surface area contributed by atoms with Crippen molar-refractivity contribution in [2.45, 2.75) is 40.5 Å². The van der Waals surface area contributed by atoms with Gasteiger partial charge in [0.25, 0.3) is 0 Å². The fourth-order valence-corrected chi connectivity index (χ4v) is 0. The smallest absolute Gasteiger partial charge is 0.450 e. The van der Waals surface area contributed by atoms with Crippen LogP contribution < -0.4 is 0 Å². The van der Waals surface area contributed by atoms with Crippen LogP contribution in [0.2, 0.25) is 0 Å². The van der Waals surface area contributed by atoms with E-state index in [1.165, 1.54) is 12.8 Å². The maximum atomic E-state index is 8.56. The van der Waals surface area contributed by atoms with Crippen LogP contribution in [0.3, 0.4) is 0 Å². The summed E-state index contributed by atoms with van der Waals surface area (Å²) in [5, 5.41) is 27.9. The van der Waals surface area contributed by atoms with E-state index in [0.717, 1.165) is 0 Å². The van der Waals surface area contributed by atoms with Crippen molar-refractivity contribution in [1.29, 1.82) is 0 Å². The summed E-state index contributed by atoms with van der Waals surface area (Å²) >= 11 is 0. The Labute approximate surface area is 88.5 Å². The predicted octanol–water partition coefficient (Wildman–Crippen LogP) is 3.43. The van der Waals surface area contributed by atoms with Crippen molar-refractivity contribution >= 4 is 12.3 Å². The van der Waals surface area contributed by atoms with Gasteiger partial charge in [0.1, 0.15) is 0 Å². The zero-order valence-electron chi connectivity index (χ0n) is 9.43. The Balaban J connectivity index is -0.0000000293. The lowest BCUT2D eigenvalue weighted by atomic mass is 10.6. The van der Waals surface area contributed by atoms with E-state index in [1.807, 2.05) is 0 Å². The summed E-state index contributed by atoms with van der Waals surface area (Å²) in [4.78, 5) is 17.1. The van der Waals surface area contributed by atoms with Gasteiger partial charge < -0.3 is 20.4 Å². The van der Waals surface area contributed by atoms with Crippen LogP contribution in [0.15, 0.2) is 0 Å². The number of carboxylic acid groups (broad SMARTS) is 4. The van der Waals surface area contributed by atoms with Crippen molar-refractivity contribution in [2.75, 3.05) is 0 Å². The molecule has 0 unspecified atom stereocenters. The second kappa shape index (κ2) is 39.2. The van der Waals surface area contributed by atoms with E-state index in [1.54, 1.807) is 0 Å². The third-order valence-electron chi connectivity index (χ3n) is 0. The van der Waals surface area contributed by atoms with Crippen LogP contribution in [-0.4, -0.2) is 32.7 Å². The van der Waals surface area contributed by atoms with Gasteiger partial charge in [-0.2, -0.15) is 0 Å². The molecule has 6 nitrogen and oxygen atoms in total. The minimum absolute atomic E-state index is 0. The Hall–Kier alpha value is -1.53. The average Bonchev–Trinajstić information content (AvgIpc) is 1.85.